The molecule has 0 aliphatic heterocycles. The summed E-state index contributed by atoms with van der Waals surface area (Å²) in [5.41, 5.74) is 7.44. The molecule has 0 atom stereocenters. The Morgan fingerprint density at radius 1 is 1.30 bits per heavy atom. The van der Waals surface area contributed by atoms with E-state index in [1.807, 2.05) is 24.3 Å². The fourth-order valence-corrected chi connectivity index (χ4v) is 3.43. The number of hydrogen-bond acceptors (Lipinski definition) is 2. The molecule has 3 heteroatoms. The first-order valence-electron chi connectivity index (χ1n) is 7.67. The van der Waals surface area contributed by atoms with Gasteiger partial charge in [-0.3, -0.25) is 4.79 Å². The minimum Gasteiger partial charge on any atom is -0.326 e. The molecule has 1 aliphatic rings. The summed E-state index contributed by atoms with van der Waals surface area (Å²) in [5.74, 6) is 0.730. The van der Waals surface area contributed by atoms with Gasteiger partial charge in [0.15, 0.2) is 0 Å². The zero-order valence-corrected chi connectivity index (χ0v) is 12.6. The zero-order valence-electron chi connectivity index (χ0n) is 12.6. The number of hydrogen-bond donors (Lipinski definition) is 2. The number of carbonyl (C=O) groups is 1. The van der Waals surface area contributed by atoms with Crippen LogP contribution in [-0.4, -0.2) is 5.91 Å². The van der Waals surface area contributed by atoms with Crippen molar-refractivity contribution in [3.8, 4) is 0 Å². The second-order valence-electron chi connectivity index (χ2n) is 6.40. The minimum atomic E-state index is -0.171. The maximum absolute atomic E-state index is 12.8. The Morgan fingerprint density at radius 2 is 1.95 bits per heavy atom. The number of amides is 1. The lowest BCUT2D eigenvalue weighted by Gasteiger charge is -2.30. The van der Waals surface area contributed by atoms with Gasteiger partial charge in [-0.15, -0.1) is 0 Å². The first-order chi connectivity index (χ1) is 9.57. The van der Waals surface area contributed by atoms with E-state index in [0.717, 1.165) is 30.5 Å². The van der Waals surface area contributed by atoms with Crippen LogP contribution in [0.15, 0.2) is 24.3 Å². The van der Waals surface area contributed by atoms with Gasteiger partial charge in [-0.25, -0.2) is 0 Å². The van der Waals surface area contributed by atoms with Crippen molar-refractivity contribution in [2.45, 2.75) is 52.5 Å². The Bertz CT molecular complexity index is 462. The monoisotopic (exact) mass is 274 g/mol. The molecule has 2 rings (SSSR count). The SMILES string of the molecule is CC(C)CC1(C(=O)Nc2ccccc2CN)CCCC1. The van der Waals surface area contributed by atoms with Gasteiger partial charge in [0.2, 0.25) is 5.91 Å². The molecule has 20 heavy (non-hydrogen) atoms. The van der Waals surface area contributed by atoms with Crippen LogP contribution in [0, 0.1) is 11.3 Å². The van der Waals surface area contributed by atoms with E-state index < -0.39 is 0 Å². The van der Waals surface area contributed by atoms with Crippen molar-refractivity contribution >= 4 is 11.6 Å². The molecule has 0 radical (unpaired) electrons. The number of carbonyl (C=O) groups excluding carboxylic acids is 1. The maximum Gasteiger partial charge on any atom is 0.230 e. The fourth-order valence-electron chi connectivity index (χ4n) is 3.43. The average molecular weight is 274 g/mol. The van der Waals surface area contributed by atoms with E-state index in [-0.39, 0.29) is 11.3 Å². The molecule has 0 aromatic heterocycles. The van der Waals surface area contributed by atoms with Crippen LogP contribution in [0.1, 0.15) is 51.5 Å². The third kappa shape index (κ3) is 3.21. The van der Waals surface area contributed by atoms with Crippen LogP contribution in [0.5, 0.6) is 0 Å². The van der Waals surface area contributed by atoms with Crippen LogP contribution >= 0.6 is 0 Å². The summed E-state index contributed by atoms with van der Waals surface area (Å²) >= 11 is 0. The van der Waals surface area contributed by atoms with Crippen molar-refractivity contribution in [3.05, 3.63) is 29.8 Å². The van der Waals surface area contributed by atoms with E-state index in [0.29, 0.717) is 12.5 Å². The van der Waals surface area contributed by atoms with Crippen molar-refractivity contribution < 1.29 is 4.79 Å². The second kappa shape index (κ2) is 6.40. The molecule has 110 valence electrons. The van der Waals surface area contributed by atoms with Gasteiger partial charge in [0.25, 0.3) is 0 Å². The van der Waals surface area contributed by atoms with Crippen LogP contribution in [0.2, 0.25) is 0 Å². The summed E-state index contributed by atoms with van der Waals surface area (Å²) in [6.45, 7) is 4.84. The topological polar surface area (TPSA) is 55.1 Å². The predicted octanol–water partition coefficient (Wildman–Crippen LogP) is 3.69. The number of rotatable bonds is 5. The molecule has 0 heterocycles. The van der Waals surface area contributed by atoms with Gasteiger partial charge in [-0.1, -0.05) is 44.9 Å². The molecule has 3 N–H and O–H groups in total. The second-order valence-corrected chi connectivity index (χ2v) is 6.40. The highest BCUT2D eigenvalue weighted by Crippen LogP contribution is 2.44. The smallest absolute Gasteiger partial charge is 0.230 e. The van der Waals surface area contributed by atoms with Crippen molar-refractivity contribution in [1.29, 1.82) is 0 Å². The largest absolute Gasteiger partial charge is 0.326 e. The molecule has 1 fully saturated rings. The summed E-state index contributed by atoms with van der Waals surface area (Å²) in [4.78, 5) is 12.8. The van der Waals surface area contributed by atoms with Crippen molar-refractivity contribution in [2.75, 3.05) is 5.32 Å². The fraction of sp³-hybridized carbons (Fsp3) is 0.588. The molecular formula is C17H26N2O. The molecule has 0 saturated heterocycles. The summed E-state index contributed by atoms with van der Waals surface area (Å²) in [7, 11) is 0. The van der Waals surface area contributed by atoms with E-state index in [9.17, 15) is 4.79 Å². The van der Waals surface area contributed by atoms with Gasteiger partial charge in [-0.05, 0) is 36.8 Å². The average Bonchev–Trinajstić information content (AvgIpc) is 2.88. The molecule has 1 saturated carbocycles. The van der Waals surface area contributed by atoms with Gasteiger partial charge >= 0.3 is 0 Å². The molecule has 1 amide bonds. The molecule has 0 unspecified atom stereocenters. The van der Waals surface area contributed by atoms with E-state index in [2.05, 4.69) is 19.2 Å². The lowest BCUT2D eigenvalue weighted by Crippen LogP contribution is -2.35. The van der Waals surface area contributed by atoms with Crippen LogP contribution in [-0.2, 0) is 11.3 Å². The highest BCUT2D eigenvalue weighted by atomic mass is 16.2. The summed E-state index contributed by atoms with van der Waals surface area (Å²) in [6, 6.07) is 7.81. The van der Waals surface area contributed by atoms with Gasteiger partial charge in [0.1, 0.15) is 0 Å². The number of para-hydroxylation sites is 1. The Hall–Kier alpha value is -1.35. The Labute approximate surface area is 121 Å². The van der Waals surface area contributed by atoms with Crippen LogP contribution in [0.3, 0.4) is 0 Å². The molecule has 1 aromatic rings. The summed E-state index contributed by atoms with van der Waals surface area (Å²) in [5, 5.41) is 3.13. The summed E-state index contributed by atoms with van der Waals surface area (Å²) < 4.78 is 0. The third-order valence-electron chi connectivity index (χ3n) is 4.33. The van der Waals surface area contributed by atoms with E-state index in [1.165, 1.54) is 12.8 Å². The normalized spacial score (nSPS) is 17.4. The van der Waals surface area contributed by atoms with Gasteiger partial charge in [-0.2, -0.15) is 0 Å². The standard InChI is InChI=1S/C17H26N2O/c1-13(2)11-17(9-5-6-10-17)16(20)19-15-8-4-3-7-14(15)12-18/h3-4,7-8,13H,5-6,9-12,18H2,1-2H3,(H,19,20). The van der Waals surface area contributed by atoms with Crippen molar-refractivity contribution in [2.24, 2.45) is 17.1 Å². The number of anilines is 1. The highest BCUT2D eigenvalue weighted by Gasteiger charge is 2.41. The van der Waals surface area contributed by atoms with Crippen LogP contribution in [0.25, 0.3) is 0 Å². The number of nitrogens with two attached hydrogens (primary N) is 1. The van der Waals surface area contributed by atoms with Crippen molar-refractivity contribution in [1.82, 2.24) is 0 Å². The van der Waals surface area contributed by atoms with Gasteiger partial charge < -0.3 is 11.1 Å². The molecule has 3 nitrogen and oxygen atoms in total. The number of benzene rings is 1. The molecule has 0 spiro atoms. The van der Waals surface area contributed by atoms with E-state index in [1.54, 1.807) is 0 Å². The quantitative estimate of drug-likeness (QED) is 0.860. The summed E-state index contributed by atoms with van der Waals surface area (Å²) in [6.07, 6.45) is 5.34. The molecular weight excluding hydrogens is 248 g/mol. The predicted molar refractivity (Wildman–Crippen MR) is 83.3 cm³/mol. The highest BCUT2D eigenvalue weighted by molar-refractivity contribution is 5.96. The molecule has 1 aromatic carbocycles. The lowest BCUT2D eigenvalue weighted by molar-refractivity contribution is -0.126. The Morgan fingerprint density at radius 3 is 2.55 bits per heavy atom. The van der Waals surface area contributed by atoms with E-state index in [4.69, 9.17) is 5.73 Å². The Kier molecular flexibility index (Phi) is 4.81. The Balaban J connectivity index is 2.16. The van der Waals surface area contributed by atoms with Gasteiger partial charge in [0.05, 0.1) is 0 Å². The molecule has 1 aliphatic carbocycles. The zero-order chi connectivity index (χ0) is 14.6. The first kappa shape index (κ1) is 15.0. The molecule has 0 bridgehead atoms. The minimum absolute atomic E-state index is 0.171. The lowest BCUT2D eigenvalue weighted by atomic mass is 9.77. The van der Waals surface area contributed by atoms with Gasteiger partial charge in [0, 0.05) is 17.6 Å². The van der Waals surface area contributed by atoms with E-state index >= 15 is 0 Å². The van der Waals surface area contributed by atoms with Crippen molar-refractivity contribution in [3.63, 3.8) is 0 Å². The maximum atomic E-state index is 12.8. The van der Waals surface area contributed by atoms with Crippen LogP contribution in [0.4, 0.5) is 5.69 Å². The third-order valence-corrected chi connectivity index (χ3v) is 4.33. The number of nitrogens with one attached hydrogen (secondary N) is 1. The first-order valence-corrected chi connectivity index (χ1v) is 7.67. The van der Waals surface area contributed by atoms with Crippen LogP contribution < -0.4 is 11.1 Å².